The third kappa shape index (κ3) is 4.13. The summed E-state index contributed by atoms with van der Waals surface area (Å²) in [6.45, 7) is 4.25. The van der Waals surface area contributed by atoms with Crippen molar-refractivity contribution in [3.63, 3.8) is 0 Å². The molecule has 0 fully saturated rings. The molecule has 0 heterocycles. The van der Waals surface area contributed by atoms with Crippen LogP contribution in [0.1, 0.15) is 26.7 Å². The summed E-state index contributed by atoms with van der Waals surface area (Å²) < 4.78 is 6.05. The minimum Gasteiger partial charge on any atom is -0.464 e. The van der Waals surface area contributed by atoms with E-state index in [0.717, 1.165) is 23.0 Å². The Morgan fingerprint density at radius 2 is 2.16 bits per heavy atom. The van der Waals surface area contributed by atoms with Crippen molar-refractivity contribution in [3.8, 4) is 0 Å². The molecule has 0 aliphatic heterocycles. The van der Waals surface area contributed by atoms with E-state index in [1.807, 2.05) is 44.0 Å². The van der Waals surface area contributed by atoms with Crippen LogP contribution in [0, 0.1) is 0 Å². The number of carbonyl (C=O) groups is 1. The van der Waals surface area contributed by atoms with Crippen LogP contribution in [-0.4, -0.2) is 25.7 Å². The van der Waals surface area contributed by atoms with Gasteiger partial charge in [-0.1, -0.05) is 29.3 Å². The van der Waals surface area contributed by atoms with Gasteiger partial charge in [0, 0.05) is 11.5 Å². The van der Waals surface area contributed by atoms with Gasteiger partial charge in [0.1, 0.15) is 6.04 Å². The molecule has 1 atom stereocenters. The predicted molar refractivity (Wildman–Crippen MR) is 82.3 cm³/mol. The minimum absolute atomic E-state index is 0.200. The van der Waals surface area contributed by atoms with Gasteiger partial charge in [-0.3, -0.25) is 0 Å². The molecule has 1 unspecified atom stereocenters. The van der Waals surface area contributed by atoms with Crippen molar-refractivity contribution < 1.29 is 9.53 Å². The summed E-state index contributed by atoms with van der Waals surface area (Å²) in [6.07, 6.45) is 1.65. The summed E-state index contributed by atoms with van der Waals surface area (Å²) in [5, 5.41) is 0. The molecule has 0 aromatic heterocycles. The SMILES string of the molecule is CCCC(C(=O)OCC)N(C)c1ccc(Br)cc1N. The number of nitrogens with two attached hydrogens (primary N) is 1. The summed E-state index contributed by atoms with van der Waals surface area (Å²) >= 11 is 3.38. The molecule has 0 aliphatic rings. The average Bonchev–Trinajstić information content (AvgIpc) is 2.35. The number of esters is 1. The number of carbonyl (C=O) groups excluding carboxylic acids is 1. The van der Waals surface area contributed by atoms with E-state index in [-0.39, 0.29) is 12.0 Å². The van der Waals surface area contributed by atoms with Gasteiger partial charge in [0.15, 0.2) is 0 Å². The second kappa shape index (κ2) is 7.38. The van der Waals surface area contributed by atoms with Gasteiger partial charge in [-0.25, -0.2) is 4.79 Å². The van der Waals surface area contributed by atoms with Crippen molar-refractivity contribution in [1.82, 2.24) is 0 Å². The highest BCUT2D eigenvalue weighted by molar-refractivity contribution is 9.10. The maximum atomic E-state index is 12.0. The van der Waals surface area contributed by atoms with Gasteiger partial charge in [0.05, 0.1) is 18.0 Å². The van der Waals surface area contributed by atoms with Crippen molar-refractivity contribution in [3.05, 3.63) is 22.7 Å². The van der Waals surface area contributed by atoms with E-state index in [0.29, 0.717) is 12.3 Å². The average molecular weight is 329 g/mol. The summed E-state index contributed by atoms with van der Waals surface area (Å²) in [5.74, 6) is -0.200. The van der Waals surface area contributed by atoms with Gasteiger partial charge in [-0.05, 0) is 31.5 Å². The lowest BCUT2D eigenvalue weighted by molar-refractivity contribution is -0.144. The molecule has 1 aromatic rings. The lowest BCUT2D eigenvalue weighted by atomic mass is 10.1. The Bertz CT molecular complexity index is 437. The molecule has 5 heteroatoms. The summed E-state index contributed by atoms with van der Waals surface area (Å²) in [6, 6.07) is 5.35. The largest absolute Gasteiger partial charge is 0.464 e. The fourth-order valence-electron chi connectivity index (χ4n) is 2.00. The first-order chi connectivity index (χ1) is 9.01. The number of likely N-dealkylation sites (N-methyl/N-ethyl adjacent to an activating group) is 1. The van der Waals surface area contributed by atoms with E-state index in [9.17, 15) is 4.79 Å². The molecule has 106 valence electrons. The number of hydrogen-bond acceptors (Lipinski definition) is 4. The number of nitrogen functional groups attached to an aromatic ring is 1. The second-order valence-electron chi connectivity index (χ2n) is 4.37. The van der Waals surface area contributed by atoms with Crippen molar-refractivity contribution in [2.24, 2.45) is 0 Å². The zero-order valence-electron chi connectivity index (χ0n) is 11.6. The molecule has 0 bridgehead atoms. The van der Waals surface area contributed by atoms with E-state index >= 15 is 0 Å². The summed E-state index contributed by atoms with van der Waals surface area (Å²) in [7, 11) is 1.87. The molecule has 1 rings (SSSR count). The van der Waals surface area contributed by atoms with Crippen LogP contribution in [-0.2, 0) is 9.53 Å². The predicted octanol–water partition coefficient (Wildman–Crippen LogP) is 3.20. The van der Waals surface area contributed by atoms with E-state index in [1.54, 1.807) is 0 Å². The Labute approximate surface area is 123 Å². The highest BCUT2D eigenvalue weighted by atomic mass is 79.9. The molecule has 0 amide bonds. The minimum atomic E-state index is -0.298. The van der Waals surface area contributed by atoms with E-state index < -0.39 is 0 Å². The van der Waals surface area contributed by atoms with E-state index in [2.05, 4.69) is 15.9 Å². The highest BCUT2D eigenvalue weighted by Gasteiger charge is 2.25. The van der Waals surface area contributed by atoms with Crippen LogP contribution in [0.3, 0.4) is 0 Å². The number of halogens is 1. The van der Waals surface area contributed by atoms with Crippen LogP contribution >= 0.6 is 15.9 Å². The van der Waals surface area contributed by atoms with Gasteiger partial charge in [0.2, 0.25) is 0 Å². The monoisotopic (exact) mass is 328 g/mol. The second-order valence-corrected chi connectivity index (χ2v) is 5.29. The first-order valence-corrected chi connectivity index (χ1v) is 7.25. The third-order valence-electron chi connectivity index (χ3n) is 2.96. The van der Waals surface area contributed by atoms with E-state index in [4.69, 9.17) is 10.5 Å². The van der Waals surface area contributed by atoms with Crippen molar-refractivity contribution in [2.45, 2.75) is 32.7 Å². The van der Waals surface area contributed by atoms with Crippen molar-refractivity contribution in [1.29, 1.82) is 0 Å². The number of nitrogens with zero attached hydrogens (tertiary/aromatic N) is 1. The quantitative estimate of drug-likeness (QED) is 0.643. The Morgan fingerprint density at radius 1 is 1.47 bits per heavy atom. The standard InChI is InChI=1S/C14H21BrN2O2/c1-4-6-13(14(18)19-5-2)17(3)12-8-7-10(15)9-11(12)16/h7-9,13H,4-6,16H2,1-3H3. The van der Waals surface area contributed by atoms with Crippen LogP contribution in [0.15, 0.2) is 22.7 Å². The molecule has 0 saturated heterocycles. The van der Waals surface area contributed by atoms with Gasteiger partial charge in [-0.15, -0.1) is 0 Å². The topological polar surface area (TPSA) is 55.6 Å². The number of anilines is 2. The molecule has 2 N–H and O–H groups in total. The third-order valence-corrected chi connectivity index (χ3v) is 3.45. The first kappa shape index (κ1) is 15.8. The Morgan fingerprint density at radius 3 is 2.68 bits per heavy atom. The molecular weight excluding hydrogens is 308 g/mol. The van der Waals surface area contributed by atoms with Gasteiger partial charge >= 0.3 is 5.97 Å². The molecule has 1 aromatic carbocycles. The summed E-state index contributed by atoms with van der Waals surface area (Å²) in [5.41, 5.74) is 7.49. The lowest BCUT2D eigenvalue weighted by Gasteiger charge is -2.29. The van der Waals surface area contributed by atoms with Crippen LogP contribution in [0.2, 0.25) is 0 Å². The maximum absolute atomic E-state index is 12.0. The molecule has 0 aliphatic carbocycles. The summed E-state index contributed by atoms with van der Waals surface area (Å²) in [4.78, 5) is 13.9. The van der Waals surface area contributed by atoms with Gasteiger partial charge in [0.25, 0.3) is 0 Å². The molecule has 4 nitrogen and oxygen atoms in total. The van der Waals surface area contributed by atoms with E-state index in [1.165, 1.54) is 0 Å². The smallest absolute Gasteiger partial charge is 0.328 e. The Kier molecular flexibility index (Phi) is 6.15. The van der Waals surface area contributed by atoms with Crippen LogP contribution in [0.4, 0.5) is 11.4 Å². The van der Waals surface area contributed by atoms with Crippen LogP contribution in [0.5, 0.6) is 0 Å². The van der Waals surface area contributed by atoms with Gasteiger partial charge < -0.3 is 15.4 Å². The molecular formula is C14H21BrN2O2. The molecule has 19 heavy (non-hydrogen) atoms. The number of benzene rings is 1. The maximum Gasteiger partial charge on any atom is 0.328 e. The molecule has 0 saturated carbocycles. The van der Waals surface area contributed by atoms with Crippen molar-refractivity contribution in [2.75, 3.05) is 24.3 Å². The van der Waals surface area contributed by atoms with Crippen LogP contribution < -0.4 is 10.6 Å². The van der Waals surface area contributed by atoms with Crippen molar-refractivity contribution >= 4 is 33.3 Å². The highest BCUT2D eigenvalue weighted by Crippen LogP contribution is 2.28. The molecule has 0 radical (unpaired) electrons. The van der Waals surface area contributed by atoms with Crippen LogP contribution in [0.25, 0.3) is 0 Å². The van der Waals surface area contributed by atoms with Gasteiger partial charge in [-0.2, -0.15) is 0 Å². The normalized spacial score (nSPS) is 12.0. The molecule has 0 spiro atoms. The number of ether oxygens (including phenoxy) is 1. The number of hydrogen-bond donors (Lipinski definition) is 1. The lowest BCUT2D eigenvalue weighted by Crippen LogP contribution is -2.40. The fraction of sp³-hybridized carbons (Fsp3) is 0.500. The zero-order chi connectivity index (χ0) is 14.4. The fourth-order valence-corrected chi connectivity index (χ4v) is 2.37. The first-order valence-electron chi connectivity index (χ1n) is 6.45. The Balaban J connectivity index is 2.98. The Hall–Kier alpha value is -1.23. The zero-order valence-corrected chi connectivity index (χ0v) is 13.2. The number of rotatable bonds is 6.